The first-order chi connectivity index (χ1) is 16.4. The molecule has 4 aromatic rings. The molecule has 2 aromatic carbocycles. The Morgan fingerprint density at radius 2 is 1.74 bits per heavy atom. The summed E-state index contributed by atoms with van der Waals surface area (Å²) in [4.78, 5) is 28.2. The fourth-order valence-electron chi connectivity index (χ4n) is 3.52. The van der Waals surface area contributed by atoms with Gasteiger partial charge < -0.3 is 25.0 Å². The van der Waals surface area contributed by atoms with Crippen molar-refractivity contribution in [1.29, 1.82) is 0 Å². The van der Waals surface area contributed by atoms with E-state index in [0.29, 0.717) is 39.9 Å². The summed E-state index contributed by atoms with van der Waals surface area (Å²) < 4.78 is 10.9. The Hall–Kier alpha value is -4.40. The molecule has 1 amide bonds. The number of rotatable bonds is 7. The molecular formula is C25H26N6O3. The van der Waals surface area contributed by atoms with Crippen molar-refractivity contribution < 1.29 is 14.3 Å². The average Bonchev–Trinajstić information content (AvgIpc) is 2.87. The van der Waals surface area contributed by atoms with Crippen LogP contribution in [0.4, 0.5) is 17.5 Å². The number of methoxy groups -OCH3 is 2. The molecule has 0 unspecified atom stereocenters. The monoisotopic (exact) mass is 458 g/mol. The summed E-state index contributed by atoms with van der Waals surface area (Å²) in [5, 5.41) is 6.73. The third-order valence-electron chi connectivity index (χ3n) is 5.29. The molecule has 0 aliphatic heterocycles. The smallest absolute Gasteiger partial charge is 0.257 e. The van der Waals surface area contributed by atoms with Crippen LogP contribution in [0.15, 0.2) is 54.7 Å². The predicted molar refractivity (Wildman–Crippen MR) is 134 cm³/mol. The van der Waals surface area contributed by atoms with Crippen molar-refractivity contribution in [3.05, 3.63) is 60.3 Å². The van der Waals surface area contributed by atoms with Crippen LogP contribution in [-0.4, -0.2) is 56.2 Å². The number of carbonyl (C=O) groups is 1. The predicted octanol–water partition coefficient (Wildman–Crippen LogP) is 4.07. The van der Waals surface area contributed by atoms with Crippen LogP contribution in [0.2, 0.25) is 0 Å². The fraction of sp³-hybridized carbons (Fsp3) is 0.200. The minimum atomic E-state index is -0.246. The summed E-state index contributed by atoms with van der Waals surface area (Å²) >= 11 is 0. The highest BCUT2D eigenvalue weighted by atomic mass is 16.5. The summed E-state index contributed by atoms with van der Waals surface area (Å²) in [5.41, 5.74) is 3.32. The second kappa shape index (κ2) is 9.62. The maximum atomic E-state index is 12.8. The number of pyridine rings is 1. The average molecular weight is 459 g/mol. The Bertz CT molecular complexity index is 1340. The van der Waals surface area contributed by atoms with E-state index in [9.17, 15) is 4.79 Å². The molecule has 0 bridgehead atoms. The first kappa shape index (κ1) is 22.8. The molecule has 0 saturated carbocycles. The van der Waals surface area contributed by atoms with Crippen molar-refractivity contribution in [3.63, 3.8) is 0 Å². The number of aromatic nitrogens is 3. The first-order valence-electron chi connectivity index (χ1n) is 10.6. The molecule has 0 atom stereocenters. The van der Waals surface area contributed by atoms with E-state index in [2.05, 4.69) is 25.6 Å². The second-order valence-corrected chi connectivity index (χ2v) is 7.70. The topological polar surface area (TPSA) is 102 Å². The van der Waals surface area contributed by atoms with Crippen LogP contribution in [0.5, 0.6) is 11.5 Å². The van der Waals surface area contributed by atoms with Crippen molar-refractivity contribution in [1.82, 2.24) is 15.0 Å². The van der Waals surface area contributed by atoms with E-state index in [0.717, 1.165) is 16.8 Å². The number of nitrogens with one attached hydrogen (secondary N) is 2. The lowest BCUT2D eigenvalue weighted by molar-refractivity contribution is 0.102. The standard InChI is InChI=1S/C25H26N6O3/c1-26-25-29-19-13-21(34-5)20(33-4)12-18(19)23(30-25)15-7-6-8-17(11-15)28-24(32)16-9-10-22(27-14-16)31(2)3/h6-14H,1-5H3,(H,28,32)(H,26,29,30). The third-order valence-corrected chi connectivity index (χ3v) is 5.29. The summed E-state index contributed by atoms with van der Waals surface area (Å²) in [6, 6.07) is 14.7. The molecule has 9 nitrogen and oxygen atoms in total. The van der Waals surface area contributed by atoms with Gasteiger partial charge in [0.05, 0.1) is 31.0 Å². The Balaban J connectivity index is 1.71. The molecule has 2 heterocycles. The van der Waals surface area contributed by atoms with Crippen molar-refractivity contribution in [3.8, 4) is 22.8 Å². The minimum absolute atomic E-state index is 0.246. The van der Waals surface area contributed by atoms with Crippen LogP contribution < -0.4 is 25.0 Å². The number of benzene rings is 2. The number of amides is 1. The molecular weight excluding hydrogens is 432 g/mol. The van der Waals surface area contributed by atoms with Gasteiger partial charge in [0.25, 0.3) is 5.91 Å². The van der Waals surface area contributed by atoms with Crippen molar-refractivity contribution in [2.24, 2.45) is 0 Å². The zero-order valence-electron chi connectivity index (χ0n) is 19.7. The normalized spacial score (nSPS) is 10.6. The maximum absolute atomic E-state index is 12.8. The summed E-state index contributed by atoms with van der Waals surface area (Å²) in [6.45, 7) is 0. The lowest BCUT2D eigenvalue weighted by Crippen LogP contribution is -2.14. The number of carbonyl (C=O) groups excluding carboxylic acids is 1. The lowest BCUT2D eigenvalue weighted by Gasteiger charge is -2.14. The zero-order valence-corrected chi connectivity index (χ0v) is 19.7. The molecule has 4 rings (SSSR count). The quantitative estimate of drug-likeness (QED) is 0.427. The van der Waals surface area contributed by atoms with Crippen LogP contribution in [-0.2, 0) is 0 Å². The lowest BCUT2D eigenvalue weighted by atomic mass is 10.0. The van der Waals surface area contributed by atoms with Gasteiger partial charge in [0, 0.05) is 50.0 Å². The molecule has 0 spiro atoms. The number of nitrogens with zero attached hydrogens (tertiary/aromatic N) is 4. The Morgan fingerprint density at radius 1 is 0.971 bits per heavy atom. The summed E-state index contributed by atoms with van der Waals surface area (Å²) in [7, 11) is 8.73. The van der Waals surface area contributed by atoms with Gasteiger partial charge in [-0.3, -0.25) is 4.79 Å². The van der Waals surface area contributed by atoms with Gasteiger partial charge in [-0.25, -0.2) is 15.0 Å². The maximum Gasteiger partial charge on any atom is 0.257 e. The van der Waals surface area contributed by atoms with Crippen LogP contribution in [0.25, 0.3) is 22.2 Å². The molecule has 2 aromatic heterocycles. The second-order valence-electron chi connectivity index (χ2n) is 7.70. The van der Waals surface area contributed by atoms with Gasteiger partial charge in [0.1, 0.15) is 5.82 Å². The summed E-state index contributed by atoms with van der Waals surface area (Å²) in [5.74, 6) is 2.16. The molecule has 0 aliphatic rings. The van der Waals surface area contributed by atoms with E-state index in [1.807, 2.05) is 55.4 Å². The van der Waals surface area contributed by atoms with E-state index in [-0.39, 0.29) is 5.91 Å². The van der Waals surface area contributed by atoms with Crippen molar-refractivity contribution in [2.45, 2.75) is 0 Å². The molecule has 0 saturated heterocycles. The SMILES string of the molecule is CNc1nc(-c2cccc(NC(=O)c3ccc(N(C)C)nc3)c2)c2cc(OC)c(OC)cc2n1. The molecule has 2 N–H and O–H groups in total. The molecule has 0 aliphatic carbocycles. The Morgan fingerprint density at radius 3 is 2.38 bits per heavy atom. The van der Waals surface area contributed by atoms with E-state index < -0.39 is 0 Å². The summed E-state index contributed by atoms with van der Waals surface area (Å²) in [6.07, 6.45) is 1.56. The van der Waals surface area contributed by atoms with Gasteiger partial charge in [-0.05, 0) is 30.3 Å². The van der Waals surface area contributed by atoms with Gasteiger partial charge in [-0.2, -0.15) is 0 Å². The first-order valence-corrected chi connectivity index (χ1v) is 10.6. The van der Waals surface area contributed by atoms with Crippen molar-refractivity contribution >= 4 is 34.3 Å². The highest BCUT2D eigenvalue weighted by Gasteiger charge is 2.15. The highest BCUT2D eigenvalue weighted by molar-refractivity contribution is 6.04. The van der Waals surface area contributed by atoms with Crippen molar-refractivity contribution in [2.75, 3.05) is 50.9 Å². The van der Waals surface area contributed by atoms with E-state index >= 15 is 0 Å². The molecule has 0 fully saturated rings. The van der Waals surface area contributed by atoms with E-state index in [1.165, 1.54) is 0 Å². The van der Waals surface area contributed by atoms with E-state index in [1.54, 1.807) is 39.6 Å². The van der Waals surface area contributed by atoms with Crippen LogP contribution in [0.3, 0.4) is 0 Å². The van der Waals surface area contributed by atoms with Crippen LogP contribution >= 0.6 is 0 Å². The molecule has 34 heavy (non-hydrogen) atoms. The van der Waals surface area contributed by atoms with Crippen LogP contribution in [0.1, 0.15) is 10.4 Å². The number of hydrogen-bond acceptors (Lipinski definition) is 8. The molecule has 174 valence electrons. The fourth-order valence-corrected chi connectivity index (χ4v) is 3.52. The molecule has 9 heteroatoms. The number of hydrogen-bond donors (Lipinski definition) is 2. The number of fused-ring (bicyclic) bond motifs is 1. The van der Waals surface area contributed by atoms with E-state index in [4.69, 9.17) is 9.47 Å². The van der Waals surface area contributed by atoms with Gasteiger partial charge in [0.2, 0.25) is 5.95 Å². The zero-order chi connectivity index (χ0) is 24.2. The minimum Gasteiger partial charge on any atom is -0.493 e. The van der Waals surface area contributed by atoms with Gasteiger partial charge in [-0.15, -0.1) is 0 Å². The van der Waals surface area contributed by atoms with Gasteiger partial charge >= 0.3 is 0 Å². The molecule has 0 radical (unpaired) electrons. The van der Waals surface area contributed by atoms with Gasteiger partial charge in [0.15, 0.2) is 11.5 Å². The Labute approximate surface area is 197 Å². The third kappa shape index (κ3) is 4.54. The van der Waals surface area contributed by atoms with Crippen LogP contribution in [0, 0.1) is 0 Å². The largest absolute Gasteiger partial charge is 0.493 e. The number of anilines is 3. The Kier molecular flexibility index (Phi) is 6.44. The highest BCUT2D eigenvalue weighted by Crippen LogP contribution is 2.36. The number of ether oxygens (including phenoxy) is 2. The van der Waals surface area contributed by atoms with Gasteiger partial charge in [-0.1, -0.05) is 12.1 Å².